The lowest BCUT2D eigenvalue weighted by Gasteiger charge is -2.09. The summed E-state index contributed by atoms with van der Waals surface area (Å²) >= 11 is 3.38. The number of benzene rings is 1. The second-order valence-electron chi connectivity index (χ2n) is 5.91. The Bertz CT molecular complexity index is 854. The van der Waals surface area contributed by atoms with Crippen molar-refractivity contribution < 1.29 is 4.39 Å². The molecule has 0 saturated heterocycles. The predicted molar refractivity (Wildman–Crippen MR) is 104 cm³/mol. The van der Waals surface area contributed by atoms with Gasteiger partial charge in [0.1, 0.15) is 5.82 Å². The minimum atomic E-state index is -0.199. The summed E-state index contributed by atoms with van der Waals surface area (Å²) in [5, 5.41) is 12.0. The SMILES string of the molecule is CCCn1c(SCc2cccc(F)c2)nnc1-c1csc(C)c1CC. The molecule has 0 atom stereocenters. The Morgan fingerprint density at radius 1 is 1.24 bits per heavy atom. The molecule has 2 heterocycles. The largest absolute Gasteiger partial charge is 0.302 e. The van der Waals surface area contributed by atoms with E-state index in [2.05, 4.69) is 40.9 Å². The Balaban J connectivity index is 1.89. The number of hydrogen-bond donors (Lipinski definition) is 0. The second kappa shape index (κ2) is 8.15. The number of rotatable bonds is 7. The van der Waals surface area contributed by atoms with E-state index >= 15 is 0 Å². The Kier molecular flexibility index (Phi) is 5.91. The zero-order valence-electron chi connectivity index (χ0n) is 14.8. The van der Waals surface area contributed by atoms with Gasteiger partial charge in [-0.05, 0) is 43.0 Å². The van der Waals surface area contributed by atoms with Gasteiger partial charge in [-0.1, -0.05) is 37.7 Å². The highest BCUT2D eigenvalue weighted by molar-refractivity contribution is 7.98. The van der Waals surface area contributed by atoms with Crippen molar-refractivity contribution in [3.05, 3.63) is 51.5 Å². The molecule has 25 heavy (non-hydrogen) atoms. The Labute approximate surface area is 156 Å². The van der Waals surface area contributed by atoms with Crippen LogP contribution in [-0.4, -0.2) is 14.8 Å². The van der Waals surface area contributed by atoms with Crippen LogP contribution in [-0.2, 0) is 18.7 Å². The molecule has 0 N–H and O–H groups in total. The minimum Gasteiger partial charge on any atom is -0.302 e. The fourth-order valence-electron chi connectivity index (χ4n) is 2.90. The van der Waals surface area contributed by atoms with Crippen LogP contribution in [0, 0.1) is 12.7 Å². The second-order valence-corrected chi connectivity index (χ2v) is 7.94. The molecule has 0 bridgehead atoms. The molecule has 0 aliphatic carbocycles. The lowest BCUT2D eigenvalue weighted by Crippen LogP contribution is -2.02. The van der Waals surface area contributed by atoms with Gasteiger partial charge in [-0.2, -0.15) is 0 Å². The molecule has 2 aromatic heterocycles. The van der Waals surface area contributed by atoms with Gasteiger partial charge in [0.25, 0.3) is 0 Å². The van der Waals surface area contributed by atoms with Gasteiger partial charge in [0, 0.05) is 28.1 Å². The summed E-state index contributed by atoms with van der Waals surface area (Å²) in [5.74, 6) is 1.43. The maximum Gasteiger partial charge on any atom is 0.191 e. The Morgan fingerprint density at radius 3 is 2.80 bits per heavy atom. The van der Waals surface area contributed by atoms with Crippen molar-refractivity contribution in [2.24, 2.45) is 0 Å². The molecule has 132 valence electrons. The van der Waals surface area contributed by atoms with E-state index in [-0.39, 0.29) is 5.82 Å². The molecule has 0 amide bonds. The molecule has 0 fully saturated rings. The first kappa shape index (κ1) is 18.1. The first-order valence-corrected chi connectivity index (χ1v) is 10.4. The highest BCUT2D eigenvalue weighted by Gasteiger charge is 2.18. The predicted octanol–water partition coefficient (Wildman–Crippen LogP) is 5.72. The molecule has 6 heteroatoms. The number of nitrogens with zero attached hydrogens (tertiary/aromatic N) is 3. The lowest BCUT2D eigenvalue weighted by atomic mass is 10.1. The maximum absolute atomic E-state index is 13.4. The van der Waals surface area contributed by atoms with Crippen LogP contribution in [0.2, 0.25) is 0 Å². The van der Waals surface area contributed by atoms with E-state index in [1.807, 2.05) is 6.07 Å². The fourth-order valence-corrected chi connectivity index (χ4v) is 4.75. The van der Waals surface area contributed by atoms with Gasteiger partial charge in [-0.3, -0.25) is 0 Å². The fraction of sp³-hybridized carbons (Fsp3) is 0.368. The van der Waals surface area contributed by atoms with Gasteiger partial charge in [0.15, 0.2) is 11.0 Å². The molecule has 0 spiro atoms. The number of aryl methyl sites for hydroxylation is 1. The normalized spacial score (nSPS) is 11.2. The third-order valence-corrected chi connectivity index (χ3v) is 6.11. The zero-order valence-corrected chi connectivity index (χ0v) is 16.4. The molecule has 3 nitrogen and oxygen atoms in total. The lowest BCUT2D eigenvalue weighted by molar-refractivity contribution is 0.624. The monoisotopic (exact) mass is 375 g/mol. The molecule has 3 rings (SSSR count). The number of thiophene rings is 1. The molecule has 3 aromatic rings. The zero-order chi connectivity index (χ0) is 17.8. The summed E-state index contributed by atoms with van der Waals surface area (Å²) in [6.07, 6.45) is 2.01. The van der Waals surface area contributed by atoms with Crippen molar-refractivity contribution in [3.63, 3.8) is 0 Å². The van der Waals surface area contributed by atoms with Crippen LogP contribution in [0.4, 0.5) is 4.39 Å². The van der Waals surface area contributed by atoms with Crippen molar-refractivity contribution in [1.82, 2.24) is 14.8 Å². The van der Waals surface area contributed by atoms with Gasteiger partial charge in [0.2, 0.25) is 0 Å². The molecule has 0 saturated carbocycles. The van der Waals surface area contributed by atoms with E-state index in [0.29, 0.717) is 5.75 Å². The van der Waals surface area contributed by atoms with E-state index < -0.39 is 0 Å². The quantitative estimate of drug-likeness (QED) is 0.495. The Hall–Kier alpha value is -1.66. The smallest absolute Gasteiger partial charge is 0.191 e. The van der Waals surface area contributed by atoms with Crippen LogP contribution < -0.4 is 0 Å². The van der Waals surface area contributed by atoms with E-state index in [4.69, 9.17) is 0 Å². The van der Waals surface area contributed by atoms with Crippen LogP contribution in [0.25, 0.3) is 11.4 Å². The van der Waals surface area contributed by atoms with Crippen molar-refractivity contribution in [2.45, 2.75) is 51.1 Å². The van der Waals surface area contributed by atoms with E-state index in [9.17, 15) is 4.39 Å². The van der Waals surface area contributed by atoms with Gasteiger partial charge in [-0.25, -0.2) is 4.39 Å². The molecule has 0 radical (unpaired) electrons. The van der Waals surface area contributed by atoms with Crippen LogP contribution in [0.3, 0.4) is 0 Å². The van der Waals surface area contributed by atoms with Gasteiger partial charge in [0.05, 0.1) is 0 Å². The summed E-state index contributed by atoms with van der Waals surface area (Å²) in [6.45, 7) is 7.38. The summed E-state index contributed by atoms with van der Waals surface area (Å²) in [6, 6.07) is 6.73. The van der Waals surface area contributed by atoms with Gasteiger partial charge < -0.3 is 4.57 Å². The van der Waals surface area contributed by atoms with E-state index in [1.165, 1.54) is 22.1 Å². The molecule has 1 aromatic carbocycles. The van der Waals surface area contributed by atoms with Crippen molar-refractivity contribution >= 4 is 23.1 Å². The highest BCUT2D eigenvalue weighted by atomic mass is 32.2. The first-order valence-electron chi connectivity index (χ1n) is 8.51. The average molecular weight is 376 g/mol. The van der Waals surface area contributed by atoms with E-state index in [1.54, 1.807) is 35.2 Å². The van der Waals surface area contributed by atoms with Crippen LogP contribution in [0.5, 0.6) is 0 Å². The molecular formula is C19H22FN3S2. The maximum atomic E-state index is 13.4. The van der Waals surface area contributed by atoms with Crippen molar-refractivity contribution in [2.75, 3.05) is 0 Å². The number of halogens is 1. The molecule has 0 aliphatic rings. The summed E-state index contributed by atoms with van der Waals surface area (Å²) in [5.41, 5.74) is 3.51. The van der Waals surface area contributed by atoms with Crippen LogP contribution >= 0.6 is 23.1 Å². The first-order chi connectivity index (χ1) is 12.1. The molecular weight excluding hydrogens is 353 g/mol. The third-order valence-electron chi connectivity index (χ3n) is 4.12. The topological polar surface area (TPSA) is 30.7 Å². The standard InChI is InChI=1S/C19H22FN3S2/c1-4-9-23-18(17-12-24-13(3)16(17)5-2)21-22-19(23)25-11-14-7-6-8-15(20)10-14/h6-8,10,12H,4-5,9,11H2,1-3H3. The third kappa shape index (κ3) is 3.96. The van der Waals surface area contributed by atoms with Crippen molar-refractivity contribution in [3.8, 4) is 11.4 Å². The van der Waals surface area contributed by atoms with Crippen LogP contribution in [0.15, 0.2) is 34.8 Å². The summed E-state index contributed by atoms with van der Waals surface area (Å²) < 4.78 is 15.6. The number of hydrogen-bond acceptors (Lipinski definition) is 4. The molecule has 0 aliphatic heterocycles. The summed E-state index contributed by atoms with van der Waals surface area (Å²) in [4.78, 5) is 1.34. The Morgan fingerprint density at radius 2 is 2.08 bits per heavy atom. The van der Waals surface area contributed by atoms with Crippen molar-refractivity contribution in [1.29, 1.82) is 0 Å². The number of aromatic nitrogens is 3. The molecule has 0 unspecified atom stereocenters. The average Bonchev–Trinajstić information content (AvgIpc) is 3.16. The summed E-state index contributed by atoms with van der Waals surface area (Å²) in [7, 11) is 0. The minimum absolute atomic E-state index is 0.199. The van der Waals surface area contributed by atoms with Gasteiger partial charge >= 0.3 is 0 Å². The number of thioether (sulfide) groups is 1. The van der Waals surface area contributed by atoms with Gasteiger partial charge in [-0.15, -0.1) is 21.5 Å². The van der Waals surface area contributed by atoms with E-state index in [0.717, 1.165) is 35.9 Å². The highest BCUT2D eigenvalue weighted by Crippen LogP contribution is 2.33. The van der Waals surface area contributed by atoms with Crippen LogP contribution in [0.1, 0.15) is 36.3 Å².